The van der Waals surface area contributed by atoms with Gasteiger partial charge in [-0.1, -0.05) is 0 Å². The average Bonchev–Trinajstić information content (AvgIpc) is 2.60. The number of rotatable bonds is 7. The highest BCUT2D eigenvalue weighted by molar-refractivity contribution is 6.06. The summed E-state index contributed by atoms with van der Waals surface area (Å²) in [6, 6.07) is 10.1. The summed E-state index contributed by atoms with van der Waals surface area (Å²) >= 11 is 0. The van der Waals surface area contributed by atoms with Gasteiger partial charge in [0.15, 0.2) is 0 Å². The van der Waals surface area contributed by atoms with Gasteiger partial charge in [0.2, 0.25) is 0 Å². The Balaban J connectivity index is 2.17. The smallest absolute Gasteiger partial charge is 0.270 e. The van der Waals surface area contributed by atoms with Crippen molar-refractivity contribution in [3.63, 3.8) is 0 Å². The minimum atomic E-state index is -0.592. The van der Waals surface area contributed by atoms with Crippen LogP contribution in [-0.2, 0) is 0 Å². The Bertz CT molecular complexity index is 734. The van der Waals surface area contributed by atoms with Crippen LogP contribution in [0.15, 0.2) is 42.5 Å². The number of non-ortho nitro benzene ring substituents is 1. The first kappa shape index (κ1) is 17.2. The van der Waals surface area contributed by atoms with Crippen molar-refractivity contribution in [3.05, 3.63) is 58.1 Å². The fraction of sp³-hybridized carbons (Fsp3) is 0.188. The van der Waals surface area contributed by atoms with Crippen LogP contribution in [0.1, 0.15) is 10.4 Å². The first-order valence-electron chi connectivity index (χ1n) is 6.97. The van der Waals surface area contributed by atoms with Gasteiger partial charge >= 0.3 is 0 Å². The highest BCUT2D eigenvalue weighted by atomic mass is 19.1. The molecular formula is C16H15FN2O5. The second-order valence-corrected chi connectivity index (χ2v) is 4.66. The molecule has 0 unspecified atom stereocenters. The first-order valence-corrected chi connectivity index (χ1v) is 6.97. The molecule has 2 aromatic rings. The number of ether oxygens (including phenoxy) is 2. The molecule has 2 aromatic carbocycles. The first-order chi connectivity index (χ1) is 11.5. The summed E-state index contributed by atoms with van der Waals surface area (Å²) in [5.41, 5.74) is 0.293. The van der Waals surface area contributed by atoms with Crippen molar-refractivity contribution in [2.45, 2.75) is 0 Å². The molecule has 1 N–H and O–H groups in total. The molecule has 0 aliphatic heterocycles. The number of hydrogen-bond acceptors (Lipinski definition) is 5. The molecule has 0 spiro atoms. The predicted molar refractivity (Wildman–Crippen MR) is 85.5 cm³/mol. The number of alkyl halides is 1. The molecular weight excluding hydrogens is 319 g/mol. The molecule has 1 amide bonds. The molecule has 0 bridgehead atoms. The highest BCUT2D eigenvalue weighted by Gasteiger charge is 2.17. The molecule has 8 heteroatoms. The van der Waals surface area contributed by atoms with Crippen LogP contribution in [0.2, 0.25) is 0 Å². The van der Waals surface area contributed by atoms with Crippen molar-refractivity contribution >= 4 is 17.3 Å². The molecule has 126 valence electrons. The van der Waals surface area contributed by atoms with Gasteiger partial charge in [0.25, 0.3) is 11.6 Å². The zero-order valence-corrected chi connectivity index (χ0v) is 12.8. The number of benzene rings is 2. The van der Waals surface area contributed by atoms with E-state index in [0.29, 0.717) is 11.4 Å². The minimum Gasteiger partial charge on any atom is -0.496 e. The summed E-state index contributed by atoms with van der Waals surface area (Å²) in [6.45, 7) is -0.637. The van der Waals surface area contributed by atoms with Gasteiger partial charge in [-0.3, -0.25) is 14.9 Å². The number of amides is 1. The van der Waals surface area contributed by atoms with Crippen molar-refractivity contribution in [1.29, 1.82) is 0 Å². The van der Waals surface area contributed by atoms with Crippen molar-refractivity contribution in [2.75, 3.05) is 25.7 Å². The molecule has 0 aliphatic rings. The summed E-state index contributed by atoms with van der Waals surface area (Å²) in [4.78, 5) is 22.6. The van der Waals surface area contributed by atoms with Crippen LogP contribution in [0.25, 0.3) is 0 Å². The quantitative estimate of drug-likeness (QED) is 0.620. The van der Waals surface area contributed by atoms with Crippen molar-refractivity contribution < 1.29 is 23.6 Å². The summed E-state index contributed by atoms with van der Waals surface area (Å²) in [7, 11) is 1.37. The highest BCUT2D eigenvalue weighted by Crippen LogP contribution is 2.25. The molecule has 0 aromatic heterocycles. The maximum absolute atomic E-state index is 12.3. The van der Waals surface area contributed by atoms with Crippen LogP contribution in [0, 0.1) is 10.1 Å². The van der Waals surface area contributed by atoms with Gasteiger partial charge < -0.3 is 14.8 Å². The lowest BCUT2D eigenvalue weighted by Gasteiger charge is -2.10. The Morgan fingerprint density at radius 3 is 2.54 bits per heavy atom. The van der Waals surface area contributed by atoms with Gasteiger partial charge in [-0.05, 0) is 30.3 Å². The van der Waals surface area contributed by atoms with Gasteiger partial charge in [0, 0.05) is 17.8 Å². The Morgan fingerprint density at radius 1 is 1.25 bits per heavy atom. The van der Waals surface area contributed by atoms with Gasteiger partial charge in [-0.25, -0.2) is 4.39 Å². The number of nitro groups is 1. The van der Waals surface area contributed by atoms with Gasteiger partial charge in [0.1, 0.15) is 24.8 Å². The Kier molecular flexibility index (Phi) is 5.67. The third kappa shape index (κ3) is 4.19. The normalized spacial score (nSPS) is 10.1. The molecule has 0 saturated heterocycles. The zero-order valence-electron chi connectivity index (χ0n) is 12.8. The van der Waals surface area contributed by atoms with Gasteiger partial charge in [0.05, 0.1) is 17.6 Å². The monoisotopic (exact) mass is 334 g/mol. The van der Waals surface area contributed by atoms with E-state index < -0.39 is 17.5 Å². The summed E-state index contributed by atoms with van der Waals surface area (Å²) in [5, 5.41) is 13.5. The number of nitrogens with one attached hydrogen (secondary N) is 1. The summed E-state index contributed by atoms with van der Waals surface area (Å²) in [6.07, 6.45) is 0. The second-order valence-electron chi connectivity index (χ2n) is 4.66. The van der Waals surface area contributed by atoms with Crippen LogP contribution in [0.5, 0.6) is 11.5 Å². The average molecular weight is 334 g/mol. The van der Waals surface area contributed by atoms with E-state index in [-0.39, 0.29) is 23.6 Å². The molecule has 0 saturated carbocycles. The third-order valence-electron chi connectivity index (χ3n) is 3.10. The van der Waals surface area contributed by atoms with Crippen LogP contribution in [-0.4, -0.2) is 31.2 Å². The number of carbonyl (C=O) groups excluding carboxylic acids is 1. The van der Waals surface area contributed by atoms with Crippen molar-refractivity contribution in [2.24, 2.45) is 0 Å². The number of carbonyl (C=O) groups is 1. The van der Waals surface area contributed by atoms with Crippen LogP contribution < -0.4 is 14.8 Å². The molecule has 0 aliphatic carbocycles. The second kappa shape index (κ2) is 7.91. The number of methoxy groups -OCH3 is 1. The van der Waals surface area contributed by atoms with E-state index in [4.69, 9.17) is 9.47 Å². The number of nitro benzene ring substituents is 1. The predicted octanol–water partition coefficient (Wildman–Crippen LogP) is 3.20. The topological polar surface area (TPSA) is 90.7 Å². The molecule has 7 nitrogen and oxygen atoms in total. The fourth-order valence-corrected chi connectivity index (χ4v) is 1.98. The molecule has 24 heavy (non-hydrogen) atoms. The Labute approximate surface area is 137 Å². The van der Waals surface area contributed by atoms with Crippen LogP contribution >= 0.6 is 0 Å². The lowest BCUT2D eigenvalue weighted by molar-refractivity contribution is -0.384. The van der Waals surface area contributed by atoms with Crippen molar-refractivity contribution in [1.82, 2.24) is 0 Å². The van der Waals surface area contributed by atoms with E-state index in [2.05, 4.69) is 5.32 Å². The molecule has 0 radical (unpaired) electrons. The zero-order chi connectivity index (χ0) is 17.5. The maximum atomic E-state index is 12.3. The van der Waals surface area contributed by atoms with Crippen LogP contribution in [0.3, 0.4) is 0 Å². The standard InChI is InChI=1S/C16H15FN2O5/c1-23-15-7-4-12(19(21)22)10-14(15)16(20)18-11-2-5-13(6-3-11)24-9-8-17/h2-7,10H,8-9H2,1H3,(H,18,20). The Morgan fingerprint density at radius 2 is 1.96 bits per heavy atom. The number of nitrogens with zero attached hydrogens (tertiary/aromatic N) is 1. The lowest BCUT2D eigenvalue weighted by Crippen LogP contribution is -2.13. The van der Waals surface area contributed by atoms with E-state index in [9.17, 15) is 19.3 Å². The largest absolute Gasteiger partial charge is 0.496 e. The Hall–Kier alpha value is -3.16. The van der Waals surface area contributed by atoms with Crippen LogP contribution in [0.4, 0.5) is 15.8 Å². The summed E-state index contributed by atoms with van der Waals surface area (Å²) < 4.78 is 22.2. The molecule has 0 heterocycles. The van der Waals surface area contributed by atoms with E-state index in [1.165, 1.54) is 19.2 Å². The van der Waals surface area contributed by atoms with E-state index in [1.54, 1.807) is 24.3 Å². The van der Waals surface area contributed by atoms with Crippen molar-refractivity contribution in [3.8, 4) is 11.5 Å². The molecule has 0 atom stereocenters. The third-order valence-corrected chi connectivity index (χ3v) is 3.10. The number of halogens is 1. The maximum Gasteiger partial charge on any atom is 0.270 e. The van der Waals surface area contributed by atoms with E-state index in [0.717, 1.165) is 6.07 Å². The number of hydrogen-bond donors (Lipinski definition) is 1. The molecule has 0 fully saturated rings. The minimum absolute atomic E-state index is 0.0451. The van der Waals surface area contributed by atoms with Gasteiger partial charge in [-0.15, -0.1) is 0 Å². The van der Waals surface area contributed by atoms with E-state index >= 15 is 0 Å². The summed E-state index contributed by atoms with van der Waals surface area (Å²) in [5.74, 6) is 0.146. The van der Waals surface area contributed by atoms with E-state index in [1.807, 2.05) is 0 Å². The SMILES string of the molecule is COc1ccc([N+](=O)[O-])cc1C(=O)Nc1ccc(OCCF)cc1. The fourth-order valence-electron chi connectivity index (χ4n) is 1.98. The molecule has 2 rings (SSSR count). The number of anilines is 1. The lowest BCUT2D eigenvalue weighted by atomic mass is 10.1. The van der Waals surface area contributed by atoms with Gasteiger partial charge in [-0.2, -0.15) is 0 Å².